The summed E-state index contributed by atoms with van der Waals surface area (Å²) in [6.45, 7) is 5.17. The van der Waals surface area contributed by atoms with Gasteiger partial charge in [0.1, 0.15) is 10.8 Å². The molecule has 3 rings (SSSR count). The molecule has 1 unspecified atom stereocenters. The van der Waals surface area contributed by atoms with E-state index in [2.05, 4.69) is 26.2 Å². The van der Waals surface area contributed by atoms with Crippen molar-refractivity contribution in [1.82, 2.24) is 14.3 Å². The van der Waals surface area contributed by atoms with E-state index in [4.69, 9.17) is 4.74 Å². The zero-order chi connectivity index (χ0) is 15.5. The Labute approximate surface area is 137 Å². The van der Waals surface area contributed by atoms with Crippen molar-refractivity contribution in [2.45, 2.75) is 39.2 Å². The molecule has 0 aromatic carbocycles. The van der Waals surface area contributed by atoms with Crippen LogP contribution in [0.2, 0.25) is 0 Å². The highest BCUT2D eigenvalue weighted by atomic mass is 32.1. The molecule has 0 saturated carbocycles. The number of aryl methyl sites for hydroxylation is 1. The molecule has 2 aromatic heterocycles. The summed E-state index contributed by atoms with van der Waals surface area (Å²) < 4.78 is 9.37. The van der Waals surface area contributed by atoms with Gasteiger partial charge in [-0.1, -0.05) is 6.92 Å². The second-order valence-electron chi connectivity index (χ2n) is 4.99. The number of rotatable bonds is 5. The molecule has 0 bridgehead atoms. The van der Waals surface area contributed by atoms with Crippen molar-refractivity contribution in [2.24, 2.45) is 0 Å². The molecule has 0 amide bonds. The lowest BCUT2D eigenvalue weighted by atomic mass is 10.2. The number of esters is 1. The number of nitrogens with zero attached hydrogens (tertiary/aromatic N) is 4. The lowest BCUT2D eigenvalue weighted by Crippen LogP contribution is -2.22. The van der Waals surface area contributed by atoms with E-state index in [0.717, 1.165) is 41.8 Å². The van der Waals surface area contributed by atoms with Crippen molar-refractivity contribution in [2.75, 3.05) is 18.1 Å². The molecule has 1 aliphatic heterocycles. The molecule has 22 heavy (non-hydrogen) atoms. The highest BCUT2D eigenvalue weighted by Crippen LogP contribution is 2.38. The molecule has 2 aromatic rings. The van der Waals surface area contributed by atoms with Gasteiger partial charge in [-0.3, -0.25) is 0 Å². The molecule has 0 N–H and O–H groups in total. The molecular formula is C14H18N4O2S2. The maximum Gasteiger partial charge on any atom is 0.357 e. The van der Waals surface area contributed by atoms with Crippen LogP contribution >= 0.6 is 22.9 Å². The van der Waals surface area contributed by atoms with Crippen molar-refractivity contribution in [3.8, 4) is 0 Å². The lowest BCUT2D eigenvalue weighted by Gasteiger charge is -2.21. The van der Waals surface area contributed by atoms with Gasteiger partial charge in [0.25, 0.3) is 0 Å². The molecule has 118 valence electrons. The van der Waals surface area contributed by atoms with Crippen LogP contribution in [0, 0.1) is 0 Å². The first-order valence-electron chi connectivity index (χ1n) is 7.44. The Bertz CT molecular complexity index is 655. The number of hydrogen-bond donors (Lipinski definition) is 0. The standard InChI is InChI=1S/C14H18N4O2S2/c1-3-11-16-14(22-17-11)18-7-5-6-10(18)12-15-9(8-21-12)13(19)20-4-2/h8,10H,3-7H2,1-2H3. The fourth-order valence-electron chi connectivity index (χ4n) is 2.50. The largest absolute Gasteiger partial charge is 0.461 e. The third-order valence-corrected chi connectivity index (χ3v) is 5.30. The summed E-state index contributed by atoms with van der Waals surface area (Å²) in [6, 6.07) is 0.186. The molecule has 0 spiro atoms. The summed E-state index contributed by atoms with van der Waals surface area (Å²) in [4.78, 5) is 23.1. The number of aromatic nitrogens is 3. The second-order valence-corrected chi connectivity index (χ2v) is 6.61. The lowest BCUT2D eigenvalue weighted by molar-refractivity contribution is 0.0520. The monoisotopic (exact) mass is 338 g/mol. The number of hydrogen-bond acceptors (Lipinski definition) is 8. The molecule has 0 radical (unpaired) electrons. The summed E-state index contributed by atoms with van der Waals surface area (Å²) in [5, 5.41) is 3.68. The minimum atomic E-state index is -0.348. The van der Waals surface area contributed by atoms with E-state index in [0.29, 0.717) is 12.3 Å². The fourth-order valence-corrected chi connectivity index (χ4v) is 4.26. The van der Waals surface area contributed by atoms with Crippen LogP contribution in [-0.2, 0) is 11.2 Å². The molecule has 1 fully saturated rings. The minimum Gasteiger partial charge on any atom is -0.461 e. The van der Waals surface area contributed by atoms with Crippen LogP contribution in [0.5, 0.6) is 0 Å². The van der Waals surface area contributed by atoms with Crippen molar-refractivity contribution >= 4 is 34.0 Å². The molecule has 3 heterocycles. The quantitative estimate of drug-likeness (QED) is 0.781. The molecule has 1 aliphatic rings. The first-order chi connectivity index (χ1) is 10.7. The Morgan fingerprint density at radius 1 is 1.45 bits per heavy atom. The molecule has 1 saturated heterocycles. The number of anilines is 1. The van der Waals surface area contributed by atoms with Gasteiger partial charge >= 0.3 is 5.97 Å². The average Bonchev–Trinajstić information content (AvgIpc) is 3.25. The van der Waals surface area contributed by atoms with Gasteiger partial charge in [0, 0.05) is 29.9 Å². The predicted octanol–water partition coefficient (Wildman–Crippen LogP) is 3.08. The topological polar surface area (TPSA) is 68.2 Å². The molecular weight excluding hydrogens is 320 g/mol. The fraction of sp³-hybridized carbons (Fsp3) is 0.571. The predicted molar refractivity (Wildman–Crippen MR) is 86.7 cm³/mol. The Morgan fingerprint density at radius 3 is 3.05 bits per heavy atom. The van der Waals surface area contributed by atoms with Crippen LogP contribution in [0.25, 0.3) is 0 Å². The Balaban J connectivity index is 1.79. The van der Waals surface area contributed by atoms with E-state index in [1.54, 1.807) is 12.3 Å². The van der Waals surface area contributed by atoms with Gasteiger partial charge in [-0.15, -0.1) is 11.3 Å². The van der Waals surface area contributed by atoms with Gasteiger partial charge in [0.2, 0.25) is 5.13 Å². The van der Waals surface area contributed by atoms with Crippen LogP contribution in [0.4, 0.5) is 5.13 Å². The van der Waals surface area contributed by atoms with Gasteiger partial charge in [0.15, 0.2) is 5.69 Å². The van der Waals surface area contributed by atoms with Gasteiger partial charge in [-0.2, -0.15) is 4.37 Å². The minimum absolute atomic E-state index is 0.186. The number of ether oxygens (including phenoxy) is 1. The van der Waals surface area contributed by atoms with Crippen molar-refractivity contribution in [1.29, 1.82) is 0 Å². The summed E-state index contributed by atoms with van der Waals surface area (Å²) in [7, 11) is 0. The normalized spacial score (nSPS) is 17.9. The highest BCUT2D eigenvalue weighted by Gasteiger charge is 2.31. The molecule has 8 heteroatoms. The van der Waals surface area contributed by atoms with E-state index in [1.807, 2.05) is 0 Å². The first-order valence-corrected chi connectivity index (χ1v) is 9.10. The summed E-state index contributed by atoms with van der Waals surface area (Å²) in [5.41, 5.74) is 0.403. The summed E-state index contributed by atoms with van der Waals surface area (Å²) in [6.07, 6.45) is 2.97. The van der Waals surface area contributed by atoms with Crippen molar-refractivity contribution in [3.05, 3.63) is 21.9 Å². The van der Waals surface area contributed by atoms with Crippen LogP contribution in [0.1, 0.15) is 54.1 Å². The van der Waals surface area contributed by atoms with Crippen LogP contribution in [-0.4, -0.2) is 33.5 Å². The summed E-state index contributed by atoms with van der Waals surface area (Å²) >= 11 is 2.96. The van der Waals surface area contributed by atoms with Crippen LogP contribution in [0.3, 0.4) is 0 Å². The second kappa shape index (κ2) is 6.70. The zero-order valence-corrected chi connectivity index (χ0v) is 14.2. The van der Waals surface area contributed by atoms with Gasteiger partial charge in [0.05, 0.1) is 12.6 Å². The molecule has 0 aliphatic carbocycles. The van der Waals surface area contributed by atoms with E-state index in [9.17, 15) is 4.79 Å². The van der Waals surface area contributed by atoms with E-state index >= 15 is 0 Å². The number of thiazole rings is 1. The van der Waals surface area contributed by atoms with Gasteiger partial charge in [-0.25, -0.2) is 14.8 Å². The van der Waals surface area contributed by atoms with Crippen molar-refractivity contribution < 1.29 is 9.53 Å². The number of carbonyl (C=O) groups excluding carboxylic acids is 1. The van der Waals surface area contributed by atoms with Crippen LogP contribution in [0.15, 0.2) is 5.38 Å². The Kier molecular flexibility index (Phi) is 4.68. The Morgan fingerprint density at radius 2 is 2.32 bits per heavy atom. The van der Waals surface area contributed by atoms with Gasteiger partial charge in [-0.05, 0) is 19.8 Å². The van der Waals surface area contributed by atoms with Crippen molar-refractivity contribution in [3.63, 3.8) is 0 Å². The van der Waals surface area contributed by atoms with E-state index in [1.165, 1.54) is 22.9 Å². The Hall–Kier alpha value is -1.54. The van der Waals surface area contributed by atoms with E-state index < -0.39 is 0 Å². The highest BCUT2D eigenvalue weighted by molar-refractivity contribution is 7.10. The van der Waals surface area contributed by atoms with Gasteiger partial charge < -0.3 is 9.64 Å². The summed E-state index contributed by atoms with van der Waals surface area (Å²) in [5.74, 6) is 0.538. The maximum absolute atomic E-state index is 11.8. The molecule has 6 nitrogen and oxygen atoms in total. The van der Waals surface area contributed by atoms with Crippen LogP contribution < -0.4 is 4.90 Å². The van der Waals surface area contributed by atoms with E-state index in [-0.39, 0.29) is 12.0 Å². The smallest absolute Gasteiger partial charge is 0.357 e. The third kappa shape index (κ3) is 2.98. The maximum atomic E-state index is 11.8. The molecule has 1 atom stereocenters. The average molecular weight is 338 g/mol. The zero-order valence-electron chi connectivity index (χ0n) is 12.6. The first kappa shape index (κ1) is 15.4. The third-order valence-electron chi connectivity index (χ3n) is 3.56. The SMILES string of the molecule is CCOC(=O)c1csc(C2CCCN2c2nc(CC)ns2)n1. The number of carbonyl (C=O) groups is 1.